The molecule has 0 aliphatic carbocycles. The van der Waals surface area contributed by atoms with Crippen molar-refractivity contribution in [1.82, 2.24) is 9.97 Å². The number of hydrogen-bond acceptors (Lipinski definition) is 3. The average Bonchev–Trinajstić information content (AvgIpc) is 3.57. The lowest BCUT2D eigenvalue weighted by atomic mass is 9.87. The summed E-state index contributed by atoms with van der Waals surface area (Å²) in [5.74, 6) is 0. The van der Waals surface area contributed by atoms with E-state index in [1.165, 1.54) is 43.4 Å². The normalized spacial score (nSPS) is 11.9. The van der Waals surface area contributed by atoms with Gasteiger partial charge in [-0.25, -0.2) is 0 Å². The van der Waals surface area contributed by atoms with E-state index in [0.717, 1.165) is 66.0 Å². The minimum atomic E-state index is 0.893. The van der Waals surface area contributed by atoms with E-state index in [9.17, 15) is 0 Å². The number of fused-ring (bicyclic) bond motifs is 9. The van der Waals surface area contributed by atoms with Crippen LogP contribution in [0.3, 0.4) is 0 Å². The number of hydrogen-bond donors (Lipinski definition) is 0. The first-order valence-corrected chi connectivity index (χ1v) is 17.3. The van der Waals surface area contributed by atoms with Crippen molar-refractivity contribution in [3.8, 4) is 33.4 Å². The van der Waals surface area contributed by atoms with Gasteiger partial charge in [0, 0.05) is 39.5 Å². The molecule has 8 aromatic carbocycles. The summed E-state index contributed by atoms with van der Waals surface area (Å²) in [7, 11) is 0. The van der Waals surface area contributed by atoms with Gasteiger partial charge in [-0.3, -0.25) is 9.97 Å². The van der Waals surface area contributed by atoms with E-state index in [0.29, 0.717) is 0 Å². The number of furan rings is 1. The van der Waals surface area contributed by atoms with Crippen molar-refractivity contribution >= 4 is 76.1 Å². The number of pyridine rings is 2. The van der Waals surface area contributed by atoms with Gasteiger partial charge in [0.25, 0.3) is 0 Å². The highest BCUT2D eigenvalue weighted by Gasteiger charge is 2.17. The quantitative estimate of drug-likeness (QED) is 0.141. The molecule has 0 unspecified atom stereocenters. The lowest BCUT2D eigenvalue weighted by Gasteiger charge is -2.16. The molecule has 11 rings (SSSR count). The highest BCUT2D eigenvalue weighted by molar-refractivity contribution is 6.18. The Hall–Kier alpha value is -6.84. The predicted molar refractivity (Wildman–Crippen MR) is 213 cm³/mol. The van der Waals surface area contributed by atoms with Crippen molar-refractivity contribution in [2.75, 3.05) is 0 Å². The average molecular weight is 649 g/mol. The van der Waals surface area contributed by atoms with Crippen LogP contribution in [0, 0.1) is 0 Å². The second kappa shape index (κ2) is 10.8. The molecule has 3 heterocycles. The van der Waals surface area contributed by atoms with E-state index in [2.05, 4.69) is 146 Å². The smallest absolute Gasteiger partial charge is 0.135 e. The second-order valence-electron chi connectivity index (χ2n) is 13.3. The fourth-order valence-corrected chi connectivity index (χ4v) is 8.18. The fraction of sp³-hybridized carbons (Fsp3) is 0. The molecule has 0 atom stereocenters. The third-order valence-electron chi connectivity index (χ3n) is 10.5. The van der Waals surface area contributed by atoms with Gasteiger partial charge in [-0.1, -0.05) is 121 Å². The van der Waals surface area contributed by atoms with E-state index in [1.54, 1.807) is 0 Å². The summed E-state index contributed by atoms with van der Waals surface area (Å²) in [6.07, 6.45) is 3.90. The molecule has 0 saturated heterocycles. The third-order valence-corrected chi connectivity index (χ3v) is 10.5. The van der Waals surface area contributed by atoms with Crippen LogP contribution in [-0.2, 0) is 0 Å². The van der Waals surface area contributed by atoms with Crippen LogP contribution in [0.5, 0.6) is 0 Å². The Labute approximate surface area is 293 Å². The highest BCUT2D eigenvalue weighted by atomic mass is 16.3. The van der Waals surface area contributed by atoms with Crippen LogP contribution < -0.4 is 0 Å². The van der Waals surface area contributed by atoms with Gasteiger partial charge >= 0.3 is 0 Å². The molecular weight excluding hydrogens is 621 g/mol. The standard InChI is InChI=1S/C48H28N2O/c1-3-11-36-29(9-1)25-30-10-2-4-12-37(30)46(36)41-21-20-34(38-13-5-6-14-39(38)41)33-26-32-17-19-42-35(23-24-49-48(42)47(32)50-28-33)31-18-22-45-43(27-31)40-15-7-8-16-44(40)51-45/h1-28H. The summed E-state index contributed by atoms with van der Waals surface area (Å²) in [6.45, 7) is 0. The molecule has 0 saturated carbocycles. The Morgan fingerprint density at radius 3 is 1.80 bits per heavy atom. The third kappa shape index (κ3) is 4.25. The number of rotatable bonds is 3. The Kier molecular flexibility index (Phi) is 5.96. The molecule has 0 fully saturated rings. The number of benzene rings is 8. The van der Waals surface area contributed by atoms with Crippen molar-refractivity contribution in [3.63, 3.8) is 0 Å². The zero-order chi connectivity index (χ0) is 33.5. The molecule has 3 heteroatoms. The molecule has 3 nitrogen and oxygen atoms in total. The molecule has 3 aromatic heterocycles. The zero-order valence-corrected chi connectivity index (χ0v) is 27.5. The Bertz CT molecular complexity index is 3160. The molecule has 236 valence electrons. The minimum Gasteiger partial charge on any atom is -0.456 e. The number of aromatic nitrogens is 2. The Morgan fingerprint density at radius 1 is 0.353 bits per heavy atom. The van der Waals surface area contributed by atoms with Crippen LogP contribution in [-0.4, -0.2) is 9.97 Å². The topological polar surface area (TPSA) is 38.9 Å². The van der Waals surface area contributed by atoms with Crippen molar-refractivity contribution in [1.29, 1.82) is 0 Å². The molecule has 0 amide bonds. The van der Waals surface area contributed by atoms with Crippen molar-refractivity contribution in [2.45, 2.75) is 0 Å². The van der Waals surface area contributed by atoms with Gasteiger partial charge < -0.3 is 4.42 Å². The Morgan fingerprint density at radius 2 is 1.00 bits per heavy atom. The Balaban J connectivity index is 1.06. The van der Waals surface area contributed by atoms with Gasteiger partial charge in [-0.2, -0.15) is 0 Å². The van der Waals surface area contributed by atoms with Gasteiger partial charge in [-0.15, -0.1) is 0 Å². The summed E-state index contributed by atoms with van der Waals surface area (Å²) in [4.78, 5) is 9.96. The van der Waals surface area contributed by atoms with Crippen molar-refractivity contribution < 1.29 is 4.42 Å². The van der Waals surface area contributed by atoms with E-state index < -0.39 is 0 Å². The second-order valence-corrected chi connectivity index (χ2v) is 13.3. The molecule has 11 aromatic rings. The van der Waals surface area contributed by atoms with E-state index in [1.807, 2.05) is 24.5 Å². The van der Waals surface area contributed by atoms with Gasteiger partial charge in [0.2, 0.25) is 0 Å². The van der Waals surface area contributed by atoms with Crippen LogP contribution in [0.15, 0.2) is 175 Å². The SMILES string of the molecule is c1ccc2c(-c3ccc(-c4cnc5c(ccc6c(-c7ccc8oc9ccccc9c8c7)ccnc65)c4)c4ccccc34)c3ccccc3cc2c1. The summed E-state index contributed by atoms with van der Waals surface area (Å²) in [5.41, 5.74) is 10.6. The molecular formula is C48H28N2O. The maximum absolute atomic E-state index is 6.10. The van der Waals surface area contributed by atoms with Crippen LogP contribution >= 0.6 is 0 Å². The summed E-state index contributed by atoms with van der Waals surface area (Å²) in [6, 6.07) is 56.4. The van der Waals surface area contributed by atoms with E-state index in [4.69, 9.17) is 14.4 Å². The van der Waals surface area contributed by atoms with Crippen molar-refractivity contribution in [3.05, 3.63) is 170 Å². The summed E-state index contributed by atoms with van der Waals surface area (Å²) < 4.78 is 6.10. The maximum Gasteiger partial charge on any atom is 0.135 e. The van der Waals surface area contributed by atoms with Crippen LogP contribution in [0.2, 0.25) is 0 Å². The highest BCUT2D eigenvalue weighted by Crippen LogP contribution is 2.43. The largest absolute Gasteiger partial charge is 0.456 e. The number of nitrogens with zero attached hydrogens (tertiary/aromatic N) is 2. The molecule has 0 spiro atoms. The lowest BCUT2D eigenvalue weighted by molar-refractivity contribution is 0.669. The minimum absolute atomic E-state index is 0.893. The maximum atomic E-state index is 6.10. The molecule has 0 aliphatic rings. The first-order chi connectivity index (χ1) is 25.3. The molecule has 51 heavy (non-hydrogen) atoms. The molecule has 0 N–H and O–H groups in total. The van der Waals surface area contributed by atoms with Crippen molar-refractivity contribution in [2.24, 2.45) is 0 Å². The zero-order valence-electron chi connectivity index (χ0n) is 27.5. The van der Waals surface area contributed by atoms with Gasteiger partial charge in [0.1, 0.15) is 11.2 Å². The summed E-state index contributed by atoms with van der Waals surface area (Å²) in [5, 5.41) is 11.8. The van der Waals surface area contributed by atoms with Gasteiger partial charge in [0.05, 0.1) is 11.0 Å². The lowest BCUT2D eigenvalue weighted by Crippen LogP contribution is -1.91. The van der Waals surface area contributed by atoms with E-state index >= 15 is 0 Å². The molecule has 0 bridgehead atoms. The first kappa shape index (κ1) is 28.0. The fourth-order valence-electron chi connectivity index (χ4n) is 8.18. The predicted octanol–water partition coefficient (Wildman–Crippen LogP) is 13.1. The summed E-state index contributed by atoms with van der Waals surface area (Å²) >= 11 is 0. The van der Waals surface area contributed by atoms with Gasteiger partial charge in [-0.05, 0) is 96.5 Å². The van der Waals surface area contributed by atoms with Gasteiger partial charge in [0.15, 0.2) is 0 Å². The monoisotopic (exact) mass is 648 g/mol. The number of para-hydroxylation sites is 1. The van der Waals surface area contributed by atoms with Crippen LogP contribution in [0.25, 0.3) is 109 Å². The van der Waals surface area contributed by atoms with E-state index in [-0.39, 0.29) is 0 Å². The van der Waals surface area contributed by atoms with Crippen LogP contribution in [0.4, 0.5) is 0 Å². The first-order valence-electron chi connectivity index (χ1n) is 17.3. The van der Waals surface area contributed by atoms with Crippen LogP contribution in [0.1, 0.15) is 0 Å². The molecule has 0 aliphatic heterocycles. The molecule has 0 radical (unpaired) electrons.